The average molecular weight is 477 g/mol. The van der Waals surface area contributed by atoms with Crippen molar-refractivity contribution >= 4 is 40.6 Å². The summed E-state index contributed by atoms with van der Waals surface area (Å²) < 4.78 is 0. The zero-order valence-electron chi connectivity index (χ0n) is 17.4. The number of aromatic hydroxyl groups is 1. The molecule has 2 saturated carbocycles. The molecule has 3 fully saturated rings. The maximum atomic E-state index is 13.6. The molecule has 0 unspecified atom stereocenters. The predicted molar refractivity (Wildman–Crippen MR) is 126 cm³/mol. The molecule has 2 bridgehead atoms. The number of phenolic OH excluding ortho intramolecular Hbond substituents is 1. The number of H-pyrrole nitrogens is 1. The van der Waals surface area contributed by atoms with E-state index >= 15 is 0 Å². The zero-order chi connectivity index (χ0) is 22.4. The molecule has 7 atom stereocenters. The van der Waals surface area contributed by atoms with Crippen molar-refractivity contribution in [3.05, 3.63) is 74.7 Å². The topological polar surface area (TPSA) is 90.5 Å². The first-order valence-corrected chi connectivity index (χ1v) is 12.8. The van der Waals surface area contributed by atoms with Gasteiger partial charge in [-0.2, -0.15) is 0 Å². The van der Waals surface area contributed by atoms with Crippen LogP contribution in [0.4, 0.5) is 5.69 Å². The Morgan fingerprint density at radius 1 is 0.909 bits per heavy atom. The van der Waals surface area contributed by atoms with E-state index in [0.29, 0.717) is 5.69 Å². The maximum Gasteiger partial charge on any atom is 0.305 e. The molecule has 1 aromatic heterocycles. The molecule has 2 amide bonds. The second kappa shape index (κ2) is 6.84. The van der Waals surface area contributed by atoms with Gasteiger partial charge in [0.2, 0.25) is 11.8 Å². The van der Waals surface area contributed by atoms with Gasteiger partial charge in [0.15, 0.2) is 0 Å². The molecule has 2 aliphatic heterocycles. The minimum atomic E-state index is -0.304. The number of fused-ring (bicyclic) bond motifs is 9. The minimum Gasteiger partial charge on any atom is -0.508 e. The summed E-state index contributed by atoms with van der Waals surface area (Å²) in [6, 6.07) is 16.4. The largest absolute Gasteiger partial charge is 0.508 e. The molecule has 2 N–H and O–H groups in total. The van der Waals surface area contributed by atoms with Crippen molar-refractivity contribution in [1.82, 2.24) is 4.98 Å². The highest BCUT2D eigenvalue weighted by atomic mass is 32.2. The monoisotopic (exact) mass is 476 g/mol. The molecule has 1 saturated heterocycles. The fourth-order valence-electron chi connectivity index (χ4n) is 6.90. The van der Waals surface area contributed by atoms with Gasteiger partial charge in [-0.15, -0.1) is 11.8 Å². The Balaban J connectivity index is 1.34. The number of benzene rings is 2. The third-order valence-electron chi connectivity index (χ3n) is 7.99. The maximum absolute atomic E-state index is 13.6. The minimum absolute atomic E-state index is 0.0274. The number of nitrogens with one attached hydrogen (secondary N) is 1. The first-order valence-electron chi connectivity index (χ1n) is 11.1. The zero-order valence-corrected chi connectivity index (χ0v) is 19.0. The van der Waals surface area contributed by atoms with Gasteiger partial charge in [0.05, 0.1) is 22.5 Å². The Morgan fingerprint density at radius 2 is 1.61 bits per heavy atom. The molecule has 6 nitrogen and oxygen atoms in total. The molecule has 0 spiro atoms. The summed E-state index contributed by atoms with van der Waals surface area (Å²) in [5.41, 5.74) is 1.69. The number of thioether (sulfide) groups is 1. The van der Waals surface area contributed by atoms with E-state index in [1.165, 1.54) is 16.2 Å². The number of aromatic nitrogens is 1. The second-order valence-corrected chi connectivity index (χ2v) is 11.6. The van der Waals surface area contributed by atoms with Gasteiger partial charge >= 0.3 is 4.87 Å². The Labute approximate surface area is 197 Å². The molecule has 33 heavy (non-hydrogen) atoms. The van der Waals surface area contributed by atoms with Gasteiger partial charge < -0.3 is 10.1 Å². The van der Waals surface area contributed by atoms with Crippen LogP contribution in [-0.2, 0) is 9.59 Å². The van der Waals surface area contributed by atoms with E-state index in [4.69, 9.17) is 0 Å². The highest BCUT2D eigenvalue weighted by Crippen LogP contribution is 2.68. The van der Waals surface area contributed by atoms with Gasteiger partial charge in [-0.1, -0.05) is 41.7 Å². The van der Waals surface area contributed by atoms with Crippen LogP contribution in [0.1, 0.15) is 22.8 Å². The van der Waals surface area contributed by atoms with Crippen LogP contribution in [-0.4, -0.2) is 27.2 Å². The van der Waals surface area contributed by atoms with Crippen LogP contribution in [0, 0.1) is 29.6 Å². The third-order valence-corrected chi connectivity index (χ3v) is 10.6. The molecule has 0 radical (unpaired) electrons. The Morgan fingerprint density at radius 3 is 2.33 bits per heavy atom. The van der Waals surface area contributed by atoms with Crippen LogP contribution in [0.5, 0.6) is 5.75 Å². The Bertz CT molecular complexity index is 1350. The SMILES string of the molecule is O=C1[C@@H]2[C@@H]3C[C@@H]([C@H]4Sc5[nH]c(=O)sc5[C@@H](c5ccc(O)cc5)[C@@H]34)[C@@H]2C(=O)N1c1ccccc1. The van der Waals surface area contributed by atoms with E-state index in [2.05, 4.69) is 4.98 Å². The Kier molecular flexibility index (Phi) is 4.06. The van der Waals surface area contributed by atoms with Crippen LogP contribution in [0.2, 0.25) is 0 Å². The van der Waals surface area contributed by atoms with Crippen molar-refractivity contribution in [3.63, 3.8) is 0 Å². The smallest absolute Gasteiger partial charge is 0.305 e. The molecule has 2 aromatic carbocycles. The molecule has 4 aliphatic rings. The van der Waals surface area contributed by atoms with Crippen LogP contribution >= 0.6 is 23.1 Å². The second-order valence-electron chi connectivity index (χ2n) is 9.40. The van der Waals surface area contributed by atoms with E-state index in [9.17, 15) is 19.5 Å². The van der Waals surface area contributed by atoms with Gasteiger partial charge in [0, 0.05) is 16.0 Å². The summed E-state index contributed by atoms with van der Waals surface area (Å²) in [6.07, 6.45) is 0.867. The van der Waals surface area contributed by atoms with Crippen molar-refractivity contribution in [2.75, 3.05) is 4.90 Å². The molecular weight excluding hydrogens is 456 g/mol. The van der Waals surface area contributed by atoms with Crippen LogP contribution in [0.3, 0.4) is 0 Å². The highest BCUT2D eigenvalue weighted by Gasteiger charge is 2.69. The summed E-state index contributed by atoms with van der Waals surface area (Å²) in [6.45, 7) is 0. The van der Waals surface area contributed by atoms with Gasteiger partial charge in [-0.25, -0.2) is 0 Å². The summed E-state index contributed by atoms with van der Waals surface area (Å²) >= 11 is 2.93. The summed E-state index contributed by atoms with van der Waals surface area (Å²) in [5, 5.41) is 10.9. The molecule has 2 aliphatic carbocycles. The summed E-state index contributed by atoms with van der Waals surface area (Å²) in [5.74, 6) is -0.213. The lowest BCUT2D eigenvalue weighted by Gasteiger charge is -2.43. The van der Waals surface area contributed by atoms with E-state index in [1.54, 1.807) is 23.9 Å². The molecule has 7 rings (SSSR count). The predicted octanol–water partition coefficient (Wildman–Crippen LogP) is 3.82. The molecule has 3 heterocycles. The highest BCUT2D eigenvalue weighted by molar-refractivity contribution is 8.00. The lowest BCUT2D eigenvalue weighted by molar-refractivity contribution is -0.123. The van der Waals surface area contributed by atoms with Gasteiger partial charge in [-0.3, -0.25) is 19.3 Å². The van der Waals surface area contributed by atoms with E-state index in [1.807, 2.05) is 42.5 Å². The number of thiazole rings is 1. The summed E-state index contributed by atoms with van der Waals surface area (Å²) in [7, 11) is 0. The number of para-hydroxylation sites is 1. The van der Waals surface area contributed by atoms with Crippen molar-refractivity contribution in [3.8, 4) is 5.75 Å². The van der Waals surface area contributed by atoms with Gasteiger partial charge in [0.25, 0.3) is 0 Å². The van der Waals surface area contributed by atoms with Crippen molar-refractivity contribution < 1.29 is 14.7 Å². The van der Waals surface area contributed by atoms with Crippen molar-refractivity contribution in [2.45, 2.75) is 22.6 Å². The lowest BCUT2D eigenvalue weighted by atomic mass is 9.68. The fraction of sp³-hybridized carbons (Fsp3) is 0.320. The van der Waals surface area contributed by atoms with E-state index in [-0.39, 0.29) is 63.2 Å². The number of hydrogen-bond acceptors (Lipinski definition) is 6. The third kappa shape index (κ3) is 2.59. The standard InChI is InChI=1S/C25H20N2O4S2/c28-13-8-6-11(7-9-13)16-17-14-10-15(20(17)32-22-21(16)33-25(31)26-22)19-18(14)23(29)27(24(19)30)12-4-2-1-3-5-12/h1-9,14-20,28H,10H2,(H,26,31)/t14-,15-,16+,17-,18-,19+,20-/m1/s1. The van der Waals surface area contributed by atoms with Crippen molar-refractivity contribution in [1.29, 1.82) is 0 Å². The van der Waals surface area contributed by atoms with Gasteiger partial charge in [0.1, 0.15) is 5.75 Å². The first kappa shape index (κ1) is 19.6. The number of imide groups is 1. The number of hydrogen-bond donors (Lipinski definition) is 2. The number of carbonyl (C=O) groups excluding carboxylic acids is 2. The van der Waals surface area contributed by atoms with Crippen molar-refractivity contribution in [2.24, 2.45) is 29.6 Å². The number of nitrogens with zero attached hydrogens (tertiary/aromatic N) is 1. The van der Waals surface area contributed by atoms with Gasteiger partial charge in [-0.05, 0) is 54.0 Å². The number of carbonyl (C=O) groups is 2. The average Bonchev–Trinajstić information content (AvgIpc) is 3.54. The van der Waals surface area contributed by atoms with E-state index in [0.717, 1.165) is 21.9 Å². The first-order chi connectivity index (χ1) is 16.0. The van der Waals surface area contributed by atoms with Crippen LogP contribution < -0.4 is 9.77 Å². The number of anilines is 1. The van der Waals surface area contributed by atoms with Crippen LogP contribution in [0.15, 0.2) is 64.4 Å². The van der Waals surface area contributed by atoms with E-state index < -0.39 is 0 Å². The fourth-order valence-corrected chi connectivity index (χ4v) is 9.79. The summed E-state index contributed by atoms with van der Waals surface area (Å²) in [4.78, 5) is 44.8. The van der Waals surface area contributed by atoms with Crippen LogP contribution in [0.25, 0.3) is 0 Å². The molecular formula is C25H20N2O4S2. The molecule has 166 valence electrons. The number of phenols is 1. The number of rotatable bonds is 2. The normalized spacial score (nSPS) is 33.8. The molecule has 3 aromatic rings. The number of aromatic amines is 1. The quantitative estimate of drug-likeness (QED) is 0.549. The lowest BCUT2D eigenvalue weighted by Crippen LogP contribution is -2.42. The number of amides is 2. The molecule has 8 heteroatoms. The Hall–Kier alpha value is -2.84.